The van der Waals surface area contributed by atoms with Crippen LogP contribution < -0.4 is 5.32 Å². The Kier molecular flexibility index (Phi) is 4.44. The summed E-state index contributed by atoms with van der Waals surface area (Å²) in [6.07, 6.45) is 13.0. The van der Waals surface area contributed by atoms with Gasteiger partial charge in [0.1, 0.15) is 5.69 Å². The van der Waals surface area contributed by atoms with Gasteiger partial charge in [0.2, 0.25) is 0 Å². The van der Waals surface area contributed by atoms with E-state index in [1.54, 1.807) is 12.4 Å². The summed E-state index contributed by atoms with van der Waals surface area (Å²) < 4.78 is 0. The molecule has 2 fully saturated rings. The molecule has 1 saturated carbocycles. The number of nitrogens with zero attached hydrogens (tertiary/aromatic N) is 4. The highest BCUT2D eigenvalue weighted by molar-refractivity contribution is 5.92. The second-order valence-electron chi connectivity index (χ2n) is 7.16. The van der Waals surface area contributed by atoms with Crippen LogP contribution in [0.1, 0.15) is 41.7 Å². The Bertz CT molecular complexity index is 713. The lowest BCUT2D eigenvalue weighted by molar-refractivity contribution is -0.00720. The lowest BCUT2D eigenvalue weighted by atomic mass is 9.59. The molecule has 1 aliphatic carbocycles. The monoisotopic (exact) mass is 337 g/mol. The molecular weight excluding hydrogens is 314 g/mol. The van der Waals surface area contributed by atoms with Crippen LogP contribution in [0.15, 0.2) is 43.1 Å². The van der Waals surface area contributed by atoms with Crippen molar-refractivity contribution in [3.63, 3.8) is 0 Å². The topological polar surface area (TPSA) is 71.0 Å². The van der Waals surface area contributed by atoms with Crippen LogP contribution in [0.4, 0.5) is 0 Å². The van der Waals surface area contributed by atoms with Gasteiger partial charge >= 0.3 is 0 Å². The number of piperidine rings is 1. The number of aromatic nitrogens is 3. The van der Waals surface area contributed by atoms with Crippen LogP contribution in [-0.2, 0) is 6.54 Å². The highest BCUT2D eigenvalue weighted by Crippen LogP contribution is 2.49. The Morgan fingerprint density at radius 1 is 1.16 bits per heavy atom. The summed E-state index contributed by atoms with van der Waals surface area (Å²) in [5, 5.41) is 3.19. The zero-order valence-corrected chi connectivity index (χ0v) is 14.3. The van der Waals surface area contributed by atoms with Crippen molar-refractivity contribution in [1.82, 2.24) is 25.2 Å². The lowest BCUT2D eigenvalue weighted by Gasteiger charge is -2.54. The Morgan fingerprint density at radius 2 is 2.00 bits per heavy atom. The predicted molar refractivity (Wildman–Crippen MR) is 93.7 cm³/mol. The first kappa shape index (κ1) is 16.1. The smallest absolute Gasteiger partial charge is 0.271 e. The van der Waals surface area contributed by atoms with Gasteiger partial charge in [0.05, 0.1) is 6.20 Å². The van der Waals surface area contributed by atoms with Crippen molar-refractivity contribution in [1.29, 1.82) is 0 Å². The summed E-state index contributed by atoms with van der Waals surface area (Å²) in [6.45, 7) is 3.11. The number of carbonyl (C=O) groups excluding carboxylic acids is 1. The molecule has 1 atom stereocenters. The third-order valence-electron chi connectivity index (χ3n) is 5.75. The average molecular weight is 337 g/mol. The first-order chi connectivity index (χ1) is 12.3. The van der Waals surface area contributed by atoms with Crippen LogP contribution >= 0.6 is 0 Å². The summed E-state index contributed by atoms with van der Waals surface area (Å²) in [5.41, 5.74) is 1.93. The fourth-order valence-electron chi connectivity index (χ4n) is 4.08. The number of rotatable bonds is 4. The van der Waals surface area contributed by atoms with Gasteiger partial charge in [-0.1, -0.05) is 6.07 Å². The van der Waals surface area contributed by atoms with Crippen LogP contribution in [0, 0.1) is 5.41 Å². The van der Waals surface area contributed by atoms with Crippen molar-refractivity contribution < 1.29 is 4.79 Å². The molecule has 1 N–H and O–H groups in total. The fraction of sp³-hybridized carbons (Fsp3) is 0.474. The average Bonchev–Trinajstić information content (AvgIpc) is 2.67. The molecule has 4 rings (SSSR count). The Balaban J connectivity index is 1.32. The zero-order valence-electron chi connectivity index (χ0n) is 14.3. The van der Waals surface area contributed by atoms with E-state index in [1.807, 2.05) is 18.5 Å². The van der Waals surface area contributed by atoms with Crippen LogP contribution in [-0.4, -0.2) is 44.9 Å². The summed E-state index contributed by atoms with van der Waals surface area (Å²) in [5.74, 6) is -0.102. The molecule has 3 heterocycles. The number of hydrogen-bond donors (Lipinski definition) is 1. The first-order valence-corrected chi connectivity index (χ1v) is 8.93. The third kappa shape index (κ3) is 3.39. The molecule has 1 unspecified atom stereocenters. The fourth-order valence-corrected chi connectivity index (χ4v) is 4.08. The SMILES string of the molecule is O=C(NC1CCC12CCN(Cc1cccnc1)CC2)c1cnccn1. The van der Waals surface area contributed by atoms with Gasteiger partial charge in [-0.25, -0.2) is 4.98 Å². The molecule has 25 heavy (non-hydrogen) atoms. The molecule has 6 nitrogen and oxygen atoms in total. The van der Waals surface area contributed by atoms with Crippen molar-refractivity contribution in [3.8, 4) is 0 Å². The molecule has 0 radical (unpaired) electrons. The predicted octanol–water partition coefficient (Wildman–Crippen LogP) is 2.05. The van der Waals surface area contributed by atoms with Crippen molar-refractivity contribution >= 4 is 5.91 Å². The van der Waals surface area contributed by atoms with Crippen LogP contribution in [0.5, 0.6) is 0 Å². The van der Waals surface area contributed by atoms with E-state index in [0.29, 0.717) is 5.69 Å². The Labute approximate surface area is 147 Å². The van der Waals surface area contributed by atoms with Crippen LogP contribution in [0.2, 0.25) is 0 Å². The van der Waals surface area contributed by atoms with Crippen molar-refractivity contribution in [2.75, 3.05) is 13.1 Å². The van der Waals surface area contributed by atoms with Gasteiger partial charge in [0, 0.05) is 37.4 Å². The third-order valence-corrected chi connectivity index (χ3v) is 5.75. The van der Waals surface area contributed by atoms with Gasteiger partial charge in [-0.05, 0) is 55.8 Å². The van der Waals surface area contributed by atoms with E-state index in [2.05, 4.69) is 31.2 Å². The van der Waals surface area contributed by atoms with Crippen molar-refractivity contribution in [2.24, 2.45) is 5.41 Å². The Hall–Kier alpha value is -2.34. The van der Waals surface area contributed by atoms with E-state index in [9.17, 15) is 4.79 Å². The highest BCUT2D eigenvalue weighted by Gasteiger charge is 2.48. The van der Waals surface area contributed by atoms with Gasteiger partial charge in [-0.3, -0.25) is 19.7 Å². The van der Waals surface area contributed by atoms with Crippen LogP contribution in [0.25, 0.3) is 0 Å². The molecular formula is C19H23N5O. The van der Waals surface area contributed by atoms with Crippen LogP contribution in [0.3, 0.4) is 0 Å². The van der Waals surface area contributed by atoms with Gasteiger partial charge in [0.25, 0.3) is 5.91 Å². The molecule has 1 spiro atoms. The maximum absolute atomic E-state index is 12.3. The molecule has 130 valence electrons. The minimum atomic E-state index is -0.102. The summed E-state index contributed by atoms with van der Waals surface area (Å²) in [7, 11) is 0. The van der Waals surface area contributed by atoms with E-state index < -0.39 is 0 Å². The highest BCUT2D eigenvalue weighted by atomic mass is 16.2. The number of nitrogens with one attached hydrogen (secondary N) is 1. The van der Waals surface area contributed by atoms with Crippen molar-refractivity contribution in [2.45, 2.75) is 38.3 Å². The number of likely N-dealkylation sites (tertiary alicyclic amines) is 1. The molecule has 2 aromatic rings. The van der Waals surface area contributed by atoms with E-state index in [4.69, 9.17) is 0 Å². The molecule has 1 saturated heterocycles. The quantitative estimate of drug-likeness (QED) is 0.924. The molecule has 2 aromatic heterocycles. The van der Waals surface area contributed by atoms with Gasteiger partial charge in [-0.15, -0.1) is 0 Å². The van der Waals surface area contributed by atoms with Gasteiger partial charge in [0.15, 0.2) is 0 Å². The zero-order chi connectivity index (χ0) is 17.1. The van der Waals surface area contributed by atoms with E-state index in [-0.39, 0.29) is 17.4 Å². The molecule has 1 amide bonds. The van der Waals surface area contributed by atoms with Gasteiger partial charge in [-0.2, -0.15) is 0 Å². The number of amides is 1. The molecule has 2 aliphatic rings. The molecule has 1 aliphatic heterocycles. The number of pyridine rings is 1. The first-order valence-electron chi connectivity index (χ1n) is 8.93. The summed E-state index contributed by atoms with van der Waals surface area (Å²) in [6, 6.07) is 4.39. The second-order valence-corrected chi connectivity index (χ2v) is 7.16. The molecule has 0 bridgehead atoms. The Morgan fingerprint density at radius 3 is 2.64 bits per heavy atom. The van der Waals surface area contributed by atoms with E-state index in [1.165, 1.54) is 18.2 Å². The maximum Gasteiger partial charge on any atom is 0.271 e. The minimum absolute atomic E-state index is 0.102. The number of carbonyl (C=O) groups is 1. The maximum atomic E-state index is 12.3. The second kappa shape index (κ2) is 6.88. The largest absolute Gasteiger partial charge is 0.347 e. The lowest BCUT2D eigenvalue weighted by Crippen LogP contribution is -2.59. The summed E-state index contributed by atoms with van der Waals surface area (Å²) in [4.78, 5) is 27.1. The van der Waals surface area contributed by atoms with Crippen molar-refractivity contribution in [3.05, 3.63) is 54.4 Å². The molecule has 0 aromatic carbocycles. The van der Waals surface area contributed by atoms with Gasteiger partial charge < -0.3 is 5.32 Å². The van der Waals surface area contributed by atoms with E-state index >= 15 is 0 Å². The minimum Gasteiger partial charge on any atom is -0.347 e. The number of hydrogen-bond acceptors (Lipinski definition) is 5. The van der Waals surface area contributed by atoms with E-state index in [0.717, 1.165) is 38.9 Å². The standard InChI is InChI=1S/C19H23N5O/c25-18(16-13-21-8-9-22-16)23-17-3-4-19(17)5-10-24(11-6-19)14-15-2-1-7-20-12-15/h1-2,7-9,12-13,17H,3-6,10-11,14H2,(H,23,25). The summed E-state index contributed by atoms with van der Waals surface area (Å²) >= 11 is 0. The molecule has 6 heteroatoms. The normalized spacial score (nSPS) is 22.3.